The molecule has 158 valence electrons. The normalized spacial score (nSPS) is 11.3. The Balaban J connectivity index is 1.66. The first kappa shape index (κ1) is 21.6. The molecule has 0 spiro atoms. The van der Waals surface area contributed by atoms with E-state index in [-0.39, 0.29) is 17.3 Å². The van der Waals surface area contributed by atoms with E-state index in [1.165, 1.54) is 23.3 Å². The molecule has 0 fully saturated rings. The van der Waals surface area contributed by atoms with Gasteiger partial charge in [0.2, 0.25) is 10.0 Å². The van der Waals surface area contributed by atoms with E-state index < -0.39 is 10.0 Å². The molecule has 7 nitrogen and oxygen atoms in total. The lowest BCUT2D eigenvalue weighted by Gasteiger charge is -2.19. The predicted octanol–water partition coefficient (Wildman–Crippen LogP) is 3.22. The van der Waals surface area contributed by atoms with Crippen molar-refractivity contribution >= 4 is 15.9 Å². The average molecular weight is 429 g/mol. The highest BCUT2D eigenvalue weighted by molar-refractivity contribution is 7.89. The van der Waals surface area contributed by atoms with E-state index in [0.717, 1.165) is 5.75 Å². The number of nitrogens with zero attached hydrogens (tertiary/aromatic N) is 1. The monoisotopic (exact) mass is 428 g/mol. The molecule has 0 atom stereocenters. The molecule has 30 heavy (non-hydrogen) atoms. The Morgan fingerprint density at radius 3 is 2.57 bits per heavy atom. The number of aryl methyl sites for hydroxylation is 1. The molecule has 1 heterocycles. The lowest BCUT2D eigenvalue weighted by atomic mass is 10.1. The van der Waals surface area contributed by atoms with Gasteiger partial charge in [-0.1, -0.05) is 24.3 Å². The smallest absolute Gasteiger partial charge is 0.254 e. The average Bonchev–Trinajstić information content (AvgIpc) is 3.26. The van der Waals surface area contributed by atoms with Gasteiger partial charge in [-0.05, 0) is 48.9 Å². The largest absolute Gasteiger partial charge is 0.492 e. The molecule has 3 aromatic rings. The number of nitrogens with one attached hydrogen (secondary N) is 1. The van der Waals surface area contributed by atoms with Crippen LogP contribution in [0.5, 0.6) is 5.75 Å². The topological polar surface area (TPSA) is 88.8 Å². The summed E-state index contributed by atoms with van der Waals surface area (Å²) in [5.74, 6) is 0.956. The summed E-state index contributed by atoms with van der Waals surface area (Å²) in [4.78, 5) is 14.4. The van der Waals surface area contributed by atoms with E-state index in [9.17, 15) is 13.2 Å². The number of para-hydroxylation sites is 1. The molecule has 0 aliphatic heterocycles. The number of amides is 1. The van der Waals surface area contributed by atoms with E-state index in [1.807, 2.05) is 30.3 Å². The Kier molecular flexibility index (Phi) is 6.91. The Labute approximate surface area is 176 Å². The van der Waals surface area contributed by atoms with Crippen LogP contribution in [0.25, 0.3) is 0 Å². The highest BCUT2D eigenvalue weighted by Gasteiger charge is 2.20. The van der Waals surface area contributed by atoms with E-state index in [1.54, 1.807) is 32.2 Å². The van der Waals surface area contributed by atoms with Gasteiger partial charge in [-0.2, -0.15) is 0 Å². The third-order valence-corrected chi connectivity index (χ3v) is 5.95. The lowest BCUT2D eigenvalue weighted by Crippen LogP contribution is -2.31. The van der Waals surface area contributed by atoms with Crippen LogP contribution in [-0.4, -0.2) is 39.4 Å². The van der Waals surface area contributed by atoms with E-state index in [4.69, 9.17) is 9.15 Å². The van der Waals surface area contributed by atoms with E-state index >= 15 is 0 Å². The van der Waals surface area contributed by atoms with Crippen LogP contribution in [-0.2, 0) is 16.6 Å². The zero-order valence-corrected chi connectivity index (χ0v) is 17.7. The molecule has 8 heteroatoms. The Morgan fingerprint density at radius 2 is 1.87 bits per heavy atom. The molecule has 0 saturated heterocycles. The number of furan rings is 1. The molecular weight excluding hydrogens is 404 g/mol. The molecule has 0 aliphatic carbocycles. The fourth-order valence-corrected chi connectivity index (χ4v) is 3.80. The first-order valence-electron chi connectivity index (χ1n) is 9.43. The van der Waals surface area contributed by atoms with E-state index in [2.05, 4.69) is 4.72 Å². The van der Waals surface area contributed by atoms with Crippen molar-refractivity contribution in [1.82, 2.24) is 9.62 Å². The number of hydrogen-bond acceptors (Lipinski definition) is 5. The summed E-state index contributed by atoms with van der Waals surface area (Å²) in [6.07, 6.45) is 1.48. The Morgan fingerprint density at radius 1 is 1.10 bits per heavy atom. The molecule has 1 aromatic heterocycles. The van der Waals surface area contributed by atoms with Crippen LogP contribution >= 0.6 is 0 Å². The van der Waals surface area contributed by atoms with Crippen LogP contribution in [0.2, 0.25) is 0 Å². The number of carbonyl (C=O) groups excluding carboxylic acids is 1. The maximum Gasteiger partial charge on any atom is 0.254 e. The van der Waals surface area contributed by atoms with E-state index in [0.29, 0.717) is 30.0 Å². The van der Waals surface area contributed by atoms with Crippen molar-refractivity contribution in [3.63, 3.8) is 0 Å². The number of hydrogen-bond donors (Lipinski definition) is 1. The molecule has 1 N–H and O–H groups in total. The van der Waals surface area contributed by atoms with Gasteiger partial charge in [0.25, 0.3) is 5.91 Å². The molecule has 0 saturated carbocycles. The number of sulfonamides is 1. The van der Waals surface area contributed by atoms with Crippen molar-refractivity contribution < 1.29 is 22.4 Å². The van der Waals surface area contributed by atoms with Crippen LogP contribution in [0.3, 0.4) is 0 Å². The molecule has 0 radical (unpaired) electrons. The minimum atomic E-state index is -3.79. The van der Waals surface area contributed by atoms with Crippen molar-refractivity contribution in [2.24, 2.45) is 0 Å². The van der Waals surface area contributed by atoms with Gasteiger partial charge >= 0.3 is 0 Å². The third kappa shape index (κ3) is 5.49. The van der Waals surface area contributed by atoms with Gasteiger partial charge in [-0.15, -0.1) is 0 Å². The number of benzene rings is 2. The van der Waals surface area contributed by atoms with Gasteiger partial charge in [0.05, 0.1) is 24.2 Å². The number of rotatable bonds is 9. The number of carbonyl (C=O) groups is 1. The zero-order chi connectivity index (χ0) is 21.6. The van der Waals surface area contributed by atoms with Crippen molar-refractivity contribution in [2.45, 2.75) is 18.4 Å². The van der Waals surface area contributed by atoms with Crippen LogP contribution in [0.4, 0.5) is 0 Å². The minimum Gasteiger partial charge on any atom is -0.492 e. The summed E-state index contributed by atoms with van der Waals surface area (Å²) < 4.78 is 38.5. The standard InChI is InChI=1S/C22H24N2O5S/c1-17-10-11-20(30(26,27)23-16-19-9-6-13-28-19)15-21(17)22(25)24(2)12-14-29-18-7-4-3-5-8-18/h3-11,13,15,23H,12,14,16H2,1-2H3. The Bertz CT molecular complexity index is 1080. The van der Waals surface area contributed by atoms with Crippen LogP contribution < -0.4 is 9.46 Å². The summed E-state index contributed by atoms with van der Waals surface area (Å²) in [5.41, 5.74) is 1.03. The van der Waals surface area contributed by atoms with Crippen LogP contribution in [0.15, 0.2) is 76.2 Å². The minimum absolute atomic E-state index is 0.0249. The maximum atomic E-state index is 12.9. The second kappa shape index (κ2) is 9.60. The van der Waals surface area contributed by atoms with Crippen molar-refractivity contribution in [1.29, 1.82) is 0 Å². The molecule has 1 amide bonds. The highest BCUT2D eigenvalue weighted by Crippen LogP contribution is 2.18. The Hall–Kier alpha value is -3.10. The zero-order valence-electron chi connectivity index (χ0n) is 16.9. The summed E-state index contributed by atoms with van der Waals surface area (Å²) >= 11 is 0. The second-order valence-corrected chi connectivity index (χ2v) is 8.54. The predicted molar refractivity (Wildman–Crippen MR) is 113 cm³/mol. The highest BCUT2D eigenvalue weighted by atomic mass is 32.2. The fraction of sp³-hybridized carbons (Fsp3) is 0.227. The molecule has 0 bridgehead atoms. The number of ether oxygens (including phenoxy) is 1. The maximum absolute atomic E-state index is 12.9. The summed E-state index contributed by atoms with van der Waals surface area (Å²) in [7, 11) is -2.13. The van der Waals surface area contributed by atoms with Crippen molar-refractivity contribution in [2.75, 3.05) is 20.2 Å². The summed E-state index contributed by atoms with van der Waals surface area (Å²) in [6.45, 7) is 2.49. The molecule has 0 unspecified atom stereocenters. The van der Waals surface area contributed by atoms with Crippen LogP contribution in [0.1, 0.15) is 21.7 Å². The summed E-state index contributed by atoms with van der Waals surface area (Å²) in [5, 5.41) is 0. The van der Waals surface area contributed by atoms with Gasteiger partial charge in [0.1, 0.15) is 18.1 Å². The van der Waals surface area contributed by atoms with Gasteiger partial charge in [0, 0.05) is 12.6 Å². The lowest BCUT2D eigenvalue weighted by molar-refractivity contribution is 0.0773. The van der Waals surface area contributed by atoms with Gasteiger partial charge < -0.3 is 14.1 Å². The fourth-order valence-electron chi connectivity index (χ4n) is 2.79. The van der Waals surface area contributed by atoms with Crippen molar-refractivity contribution in [3.8, 4) is 5.75 Å². The third-order valence-electron chi connectivity index (χ3n) is 4.55. The summed E-state index contributed by atoms with van der Waals surface area (Å²) in [6, 6.07) is 17.2. The number of likely N-dealkylation sites (N-methyl/N-ethyl adjacent to an activating group) is 1. The molecule has 3 rings (SSSR count). The van der Waals surface area contributed by atoms with Gasteiger partial charge in [0.15, 0.2) is 0 Å². The molecular formula is C22H24N2O5S. The molecule has 0 aliphatic rings. The van der Waals surface area contributed by atoms with Crippen LogP contribution in [0, 0.1) is 6.92 Å². The quantitative estimate of drug-likeness (QED) is 0.565. The van der Waals surface area contributed by atoms with Gasteiger partial charge in [-0.25, -0.2) is 13.1 Å². The first-order valence-corrected chi connectivity index (χ1v) is 10.9. The van der Waals surface area contributed by atoms with Gasteiger partial charge in [-0.3, -0.25) is 4.79 Å². The van der Waals surface area contributed by atoms with Crippen molar-refractivity contribution in [3.05, 3.63) is 83.8 Å². The SMILES string of the molecule is Cc1ccc(S(=O)(=O)NCc2ccco2)cc1C(=O)N(C)CCOc1ccccc1. The second-order valence-electron chi connectivity index (χ2n) is 6.77. The first-order chi connectivity index (χ1) is 14.4. The molecule has 2 aromatic carbocycles.